The van der Waals surface area contributed by atoms with Crippen LogP contribution in [-0.4, -0.2) is 26.2 Å². The van der Waals surface area contributed by atoms with Crippen molar-refractivity contribution in [2.24, 2.45) is 0 Å². The Morgan fingerprint density at radius 1 is 1.00 bits per heavy atom. The summed E-state index contributed by atoms with van der Waals surface area (Å²) in [5.41, 5.74) is 0.0531. The molecule has 2 heterocycles. The van der Waals surface area contributed by atoms with Crippen molar-refractivity contribution in [3.63, 3.8) is 0 Å². The third-order valence-electron chi connectivity index (χ3n) is 7.98. The summed E-state index contributed by atoms with van der Waals surface area (Å²) in [7, 11) is 0. The summed E-state index contributed by atoms with van der Waals surface area (Å²) in [5, 5.41) is 34.7. The van der Waals surface area contributed by atoms with Crippen LogP contribution in [-0.2, 0) is 5.54 Å². The van der Waals surface area contributed by atoms with Crippen molar-refractivity contribution in [3.05, 3.63) is 113 Å². The average molecular weight is 612 g/mol. The Kier molecular flexibility index (Phi) is 7.26. The molecule has 0 saturated heterocycles. The summed E-state index contributed by atoms with van der Waals surface area (Å²) >= 11 is 0. The van der Waals surface area contributed by atoms with Crippen molar-refractivity contribution in [3.8, 4) is 12.1 Å². The highest BCUT2D eigenvalue weighted by Gasteiger charge is 2.66. The maximum absolute atomic E-state index is 13.9. The lowest BCUT2D eigenvalue weighted by molar-refractivity contribution is -0.182. The summed E-state index contributed by atoms with van der Waals surface area (Å²) in [4.78, 5) is 4.38. The molecule has 2 N–H and O–H groups in total. The molecule has 0 aliphatic heterocycles. The van der Waals surface area contributed by atoms with Crippen LogP contribution in [0.15, 0.2) is 79.1 Å². The van der Waals surface area contributed by atoms with E-state index in [1.54, 1.807) is 6.07 Å². The van der Waals surface area contributed by atoms with E-state index in [2.05, 4.69) is 38.1 Å². The molecule has 0 bridgehead atoms. The Bertz CT molecular complexity index is 1990. The largest absolute Gasteiger partial charge is 0.413 e. The molecule has 0 unspecified atom stereocenters. The minimum Gasteiger partial charge on any atom is -0.377 e. The molecule has 0 spiro atoms. The second-order valence-corrected chi connectivity index (χ2v) is 10.8. The first kappa shape index (κ1) is 28.3. The number of hydrogen-bond donors (Lipinski definition) is 2. The van der Waals surface area contributed by atoms with E-state index in [0.29, 0.717) is 23.0 Å². The second-order valence-electron chi connectivity index (χ2n) is 10.8. The van der Waals surface area contributed by atoms with Crippen molar-refractivity contribution in [2.45, 2.75) is 50.0 Å². The van der Waals surface area contributed by atoms with Gasteiger partial charge in [-0.05, 0) is 54.7 Å². The lowest BCUT2D eigenvalue weighted by Crippen LogP contribution is -2.35. The second kappa shape index (κ2) is 11.5. The van der Waals surface area contributed by atoms with Gasteiger partial charge in [-0.3, -0.25) is 4.98 Å². The van der Waals surface area contributed by atoms with Crippen LogP contribution in [0.5, 0.6) is 0 Å². The molecule has 8 nitrogen and oxygen atoms in total. The lowest BCUT2D eigenvalue weighted by Gasteiger charge is -2.23. The molecule has 2 atom stereocenters. The van der Waals surface area contributed by atoms with Gasteiger partial charge in [-0.15, -0.1) is 5.10 Å². The third-order valence-corrected chi connectivity index (χ3v) is 7.98. The van der Waals surface area contributed by atoms with Crippen LogP contribution in [0.3, 0.4) is 0 Å². The molecule has 12 heteroatoms. The highest BCUT2D eigenvalue weighted by Crippen LogP contribution is 2.55. The Morgan fingerprint density at radius 3 is 2.33 bits per heavy atom. The highest BCUT2D eigenvalue weighted by atomic mass is 19.4. The van der Waals surface area contributed by atoms with Gasteiger partial charge in [-0.1, -0.05) is 54.6 Å². The average Bonchev–Trinajstić information content (AvgIpc) is 3.73. The van der Waals surface area contributed by atoms with Crippen LogP contribution in [0, 0.1) is 28.5 Å². The minimum atomic E-state index is -4.57. The summed E-state index contributed by atoms with van der Waals surface area (Å²) < 4.78 is 65.9. The Morgan fingerprint density at radius 2 is 1.71 bits per heavy atom. The molecular formula is C33H26F4N8. The summed E-state index contributed by atoms with van der Waals surface area (Å²) in [6.07, 6.45) is -1.79. The molecular weight excluding hydrogens is 584 g/mol. The SMILES string of the molecule is [2H][C@@](Nc1cc(C#N)c2ncc(C#N)c(N[C@H](CC)c3ccccc3)c2c1)(c1ccc(F)cc1)c1cn(C2(C(F)(F)F)CC2)nn1. The molecule has 0 radical (unpaired) electrons. The number of alkyl halides is 3. The number of fused-ring (bicyclic) bond motifs is 1. The highest BCUT2D eigenvalue weighted by molar-refractivity contribution is 5.99. The van der Waals surface area contributed by atoms with Crippen LogP contribution in [0.4, 0.5) is 28.9 Å². The molecule has 45 heavy (non-hydrogen) atoms. The summed E-state index contributed by atoms with van der Waals surface area (Å²) in [6.45, 7) is 1.99. The molecule has 226 valence electrons. The van der Waals surface area contributed by atoms with Crippen LogP contribution in [0.25, 0.3) is 10.9 Å². The van der Waals surface area contributed by atoms with Gasteiger partial charge < -0.3 is 10.6 Å². The number of nitrogens with one attached hydrogen (secondary N) is 2. The van der Waals surface area contributed by atoms with Crippen LogP contribution < -0.4 is 10.6 Å². The number of halogens is 4. The first-order chi connectivity index (χ1) is 22.0. The molecule has 1 aliphatic rings. The fraction of sp³-hybridized carbons (Fsp3) is 0.242. The van der Waals surface area contributed by atoms with E-state index in [1.165, 1.54) is 24.4 Å². The van der Waals surface area contributed by atoms with Crippen LogP contribution in [0.2, 0.25) is 0 Å². The van der Waals surface area contributed by atoms with E-state index in [4.69, 9.17) is 0 Å². The molecule has 1 aliphatic carbocycles. The molecule has 0 amide bonds. The predicted molar refractivity (Wildman–Crippen MR) is 159 cm³/mol. The number of rotatable bonds is 9. The van der Waals surface area contributed by atoms with Gasteiger partial charge in [-0.25, -0.2) is 9.07 Å². The van der Waals surface area contributed by atoms with E-state index >= 15 is 0 Å². The molecule has 1 saturated carbocycles. The minimum absolute atomic E-state index is 0.124. The maximum Gasteiger partial charge on any atom is 0.413 e. The van der Waals surface area contributed by atoms with E-state index < -0.39 is 23.6 Å². The van der Waals surface area contributed by atoms with Crippen molar-refractivity contribution in [1.82, 2.24) is 20.0 Å². The third kappa shape index (κ3) is 5.51. The lowest BCUT2D eigenvalue weighted by atomic mass is 10.00. The van der Waals surface area contributed by atoms with E-state index in [0.717, 1.165) is 28.6 Å². The van der Waals surface area contributed by atoms with Crippen molar-refractivity contribution in [2.75, 3.05) is 10.6 Å². The number of hydrogen-bond acceptors (Lipinski definition) is 7. The summed E-state index contributed by atoms with van der Waals surface area (Å²) in [5.74, 6) is -0.573. The monoisotopic (exact) mass is 611 g/mol. The zero-order valence-electron chi connectivity index (χ0n) is 24.9. The van der Waals surface area contributed by atoms with Crippen molar-refractivity contribution < 1.29 is 18.9 Å². The fourth-order valence-electron chi connectivity index (χ4n) is 5.37. The van der Waals surface area contributed by atoms with Gasteiger partial charge in [0.05, 0.1) is 42.0 Å². The first-order valence-corrected chi connectivity index (χ1v) is 14.2. The van der Waals surface area contributed by atoms with Crippen molar-refractivity contribution in [1.29, 1.82) is 10.5 Å². The number of anilines is 2. The van der Waals surface area contributed by atoms with Gasteiger partial charge in [0, 0.05) is 17.3 Å². The van der Waals surface area contributed by atoms with Gasteiger partial charge in [0.25, 0.3) is 0 Å². The number of aromatic nitrogens is 4. The maximum atomic E-state index is 13.9. The number of nitriles is 2. The normalized spacial score (nSPS) is 16.1. The van der Waals surface area contributed by atoms with Gasteiger partial charge in [0.1, 0.15) is 23.6 Å². The van der Waals surface area contributed by atoms with Gasteiger partial charge >= 0.3 is 6.18 Å². The number of pyridine rings is 1. The standard InChI is InChI=1S/C33H26F4N8/c1-2-27(20-6-4-3-5-7-20)42-30-23(17-39)18-40-29-22(16-38)14-25(15-26(29)30)41-31(21-8-10-24(34)11-9-21)28-19-45(44-43-28)32(12-13-32)33(35,36)37/h3-11,14-15,18-19,27,31,41H,2,12-13H2,1H3,(H,40,42)/t27-,31-/m1/s1/i31D. The van der Waals surface area contributed by atoms with E-state index in [9.17, 15) is 29.5 Å². The van der Waals surface area contributed by atoms with Crippen LogP contribution in [0.1, 0.15) is 67.6 Å². The fourth-order valence-corrected chi connectivity index (χ4v) is 5.37. The molecule has 1 fully saturated rings. The van der Waals surface area contributed by atoms with Gasteiger partial charge in [-0.2, -0.15) is 23.7 Å². The zero-order chi connectivity index (χ0) is 32.7. The number of benzene rings is 3. The predicted octanol–water partition coefficient (Wildman–Crippen LogP) is 7.52. The smallest absolute Gasteiger partial charge is 0.377 e. The Hall–Kier alpha value is -5.49. The van der Waals surface area contributed by atoms with Crippen LogP contribution >= 0.6 is 0 Å². The quantitative estimate of drug-likeness (QED) is 0.166. The molecule has 5 aromatic rings. The number of nitrogens with zero attached hydrogens (tertiary/aromatic N) is 6. The van der Waals surface area contributed by atoms with Gasteiger partial charge in [0.15, 0.2) is 5.54 Å². The van der Waals surface area contributed by atoms with Gasteiger partial charge in [0.2, 0.25) is 0 Å². The Balaban J connectivity index is 1.49. The topological polar surface area (TPSA) is 115 Å². The molecule has 6 rings (SSSR count). The zero-order valence-corrected chi connectivity index (χ0v) is 23.9. The van der Waals surface area contributed by atoms with E-state index in [-0.39, 0.29) is 47.0 Å². The summed E-state index contributed by atoms with van der Waals surface area (Å²) in [6, 6.07) is 19.6. The Labute approximate surface area is 257 Å². The van der Waals surface area contributed by atoms with E-state index in [1.807, 2.05) is 37.3 Å². The molecule has 2 aromatic heterocycles. The van der Waals surface area contributed by atoms with Crippen molar-refractivity contribution >= 4 is 22.3 Å². The first-order valence-electron chi connectivity index (χ1n) is 14.7. The molecule has 3 aromatic carbocycles.